The zero-order valence-electron chi connectivity index (χ0n) is 10.5. The molecule has 1 aromatic heterocycles. The van der Waals surface area contributed by atoms with Crippen molar-refractivity contribution in [2.45, 2.75) is 37.9 Å². The van der Waals surface area contributed by atoms with Crippen LogP contribution in [0.3, 0.4) is 0 Å². The maximum absolute atomic E-state index is 12.8. The Hall–Kier alpha value is -1.24. The lowest BCUT2D eigenvalue weighted by atomic mass is 9.87. The maximum atomic E-state index is 12.8. The quantitative estimate of drug-likeness (QED) is 0.818. The number of aromatic nitrogens is 2. The molecule has 1 fully saturated rings. The Morgan fingerprint density at radius 3 is 2.74 bits per heavy atom. The molecule has 0 saturated carbocycles. The number of alkyl halides is 3. The van der Waals surface area contributed by atoms with Gasteiger partial charge < -0.3 is 10.6 Å². The summed E-state index contributed by atoms with van der Waals surface area (Å²) in [5.74, 6) is -0.565. The van der Waals surface area contributed by atoms with Crippen molar-refractivity contribution in [2.75, 3.05) is 18.0 Å². The molecule has 0 amide bonds. The number of fused-ring (bicyclic) bond motifs is 1. The number of nitrogens with zero attached hydrogens (tertiary/aromatic N) is 2. The summed E-state index contributed by atoms with van der Waals surface area (Å²) in [6.07, 6.45) is -2.64. The first-order valence-corrected chi connectivity index (χ1v) is 6.58. The molecule has 106 valence electrons. The van der Waals surface area contributed by atoms with Gasteiger partial charge in [0.15, 0.2) is 5.82 Å². The number of nitrogens with two attached hydrogens (primary N) is 1. The third-order valence-corrected chi connectivity index (χ3v) is 4.11. The molecule has 2 aliphatic rings. The second-order valence-corrected chi connectivity index (χ2v) is 5.48. The van der Waals surface area contributed by atoms with Gasteiger partial charge in [-0.2, -0.15) is 18.3 Å². The highest BCUT2D eigenvalue weighted by molar-refractivity contribution is 5.51. The molecule has 1 saturated heterocycles. The Labute approximate surface area is 109 Å². The fourth-order valence-electron chi connectivity index (χ4n) is 3.00. The first-order chi connectivity index (χ1) is 8.95. The summed E-state index contributed by atoms with van der Waals surface area (Å²) >= 11 is 0. The minimum atomic E-state index is -4.12. The number of anilines is 1. The van der Waals surface area contributed by atoms with Crippen molar-refractivity contribution in [3.05, 3.63) is 11.3 Å². The van der Waals surface area contributed by atoms with Crippen molar-refractivity contribution in [3.8, 4) is 0 Å². The first kappa shape index (κ1) is 12.8. The van der Waals surface area contributed by atoms with Crippen LogP contribution in [0, 0.1) is 5.92 Å². The summed E-state index contributed by atoms with van der Waals surface area (Å²) in [6.45, 7) is 1.45. The molecule has 1 aliphatic carbocycles. The largest absolute Gasteiger partial charge is 0.392 e. The molecule has 2 unspecified atom stereocenters. The van der Waals surface area contributed by atoms with Crippen LogP contribution in [-0.2, 0) is 12.8 Å². The van der Waals surface area contributed by atoms with Gasteiger partial charge in [0, 0.05) is 30.4 Å². The number of aryl methyl sites for hydroxylation is 1. The van der Waals surface area contributed by atoms with E-state index in [4.69, 9.17) is 5.73 Å². The predicted molar refractivity (Wildman–Crippen MR) is 65.0 cm³/mol. The van der Waals surface area contributed by atoms with E-state index in [1.54, 1.807) is 0 Å². The number of hydrogen-bond donors (Lipinski definition) is 2. The van der Waals surface area contributed by atoms with Crippen LogP contribution in [0.4, 0.5) is 19.0 Å². The zero-order valence-corrected chi connectivity index (χ0v) is 10.5. The molecule has 1 aliphatic heterocycles. The summed E-state index contributed by atoms with van der Waals surface area (Å²) < 4.78 is 38.5. The van der Waals surface area contributed by atoms with Crippen molar-refractivity contribution < 1.29 is 13.2 Å². The lowest BCUT2D eigenvalue weighted by Gasteiger charge is -2.26. The van der Waals surface area contributed by atoms with Crippen molar-refractivity contribution >= 4 is 5.82 Å². The number of H-pyrrole nitrogens is 1. The molecule has 3 N–H and O–H groups in total. The van der Waals surface area contributed by atoms with Crippen LogP contribution < -0.4 is 10.6 Å². The van der Waals surface area contributed by atoms with E-state index in [-0.39, 0.29) is 18.9 Å². The number of aromatic amines is 1. The van der Waals surface area contributed by atoms with Gasteiger partial charge >= 0.3 is 6.18 Å². The Bertz CT molecular complexity index is 468. The van der Waals surface area contributed by atoms with Crippen LogP contribution in [0.2, 0.25) is 0 Å². The molecular weight excluding hydrogens is 257 g/mol. The Morgan fingerprint density at radius 1 is 1.32 bits per heavy atom. The van der Waals surface area contributed by atoms with Gasteiger partial charge in [-0.15, -0.1) is 0 Å². The summed E-state index contributed by atoms with van der Waals surface area (Å²) in [4.78, 5) is 2.00. The van der Waals surface area contributed by atoms with Crippen LogP contribution in [0.25, 0.3) is 0 Å². The molecule has 0 bridgehead atoms. The fourth-order valence-corrected chi connectivity index (χ4v) is 3.00. The minimum absolute atomic E-state index is 0.0381. The highest BCUT2D eigenvalue weighted by Gasteiger charge is 2.43. The smallest absolute Gasteiger partial charge is 0.353 e. The molecule has 19 heavy (non-hydrogen) atoms. The van der Waals surface area contributed by atoms with Gasteiger partial charge in [0.2, 0.25) is 0 Å². The van der Waals surface area contributed by atoms with E-state index in [0.29, 0.717) is 18.8 Å². The van der Waals surface area contributed by atoms with Crippen LogP contribution in [0.15, 0.2) is 0 Å². The van der Waals surface area contributed by atoms with E-state index < -0.39 is 12.1 Å². The van der Waals surface area contributed by atoms with Gasteiger partial charge in [-0.25, -0.2) is 0 Å². The highest BCUT2D eigenvalue weighted by Crippen LogP contribution is 2.39. The molecule has 4 nitrogen and oxygen atoms in total. The number of halogens is 3. The molecule has 3 rings (SSSR count). The monoisotopic (exact) mass is 274 g/mol. The molecule has 2 atom stereocenters. The Morgan fingerprint density at radius 2 is 2.11 bits per heavy atom. The Kier molecular flexibility index (Phi) is 2.96. The second-order valence-electron chi connectivity index (χ2n) is 5.48. The van der Waals surface area contributed by atoms with E-state index >= 15 is 0 Å². The summed E-state index contributed by atoms with van der Waals surface area (Å²) in [5, 5.41) is 7.10. The topological polar surface area (TPSA) is 57.9 Å². The molecule has 0 aromatic carbocycles. The van der Waals surface area contributed by atoms with Crippen molar-refractivity contribution in [1.29, 1.82) is 0 Å². The summed E-state index contributed by atoms with van der Waals surface area (Å²) in [7, 11) is 0. The summed E-state index contributed by atoms with van der Waals surface area (Å²) in [6, 6.07) is 0.0920. The van der Waals surface area contributed by atoms with Crippen LogP contribution in [0.1, 0.15) is 24.1 Å². The summed E-state index contributed by atoms with van der Waals surface area (Å²) in [5.41, 5.74) is 7.44. The van der Waals surface area contributed by atoms with Gasteiger partial charge in [0.25, 0.3) is 0 Å². The van der Waals surface area contributed by atoms with Crippen molar-refractivity contribution in [1.82, 2.24) is 10.2 Å². The average molecular weight is 274 g/mol. The van der Waals surface area contributed by atoms with Gasteiger partial charge in [-0.1, -0.05) is 0 Å². The van der Waals surface area contributed by atoms with Gasteiger partial charge in [-0.3, -0.25) is 5.10 Å². The van der Waals surface area contributed by atoms with E-state index in [1.807, 2.05) is 4.90 Å². The molecule has 7 heteroatoms. The lowest BCUT2D eigenvalue weighted by molar-refractivity contribution is -0.177. The Balaban J connectivity index is 1.84. The number of rotatable bonds is 1. The SMILES string of the molecule is NC1CCN(c2n[nH]c3c2CC(C(F)(F)F)CC3)C1. The normalized spacial score (nSPS) is 27.7. The van der Waals surface area contributed by atoms with Crippen molar-refractivity contribution in [3.63, 3.8) is 0 Å². The molecule has 0 spiro atoms. The van der Waals surface area contributed by atoms with E-state index in [9.17, 15) is 13.2 Å². The molecule has 0 radical (unpaired) electrons. The highest BCUT2D eigenvalue weighted by atomic mass is 19.4. The number of hydrogen-bond acceptors (Lipinski definition) is 3. The van der Waals surface area contributed by atoms with E-state index in [0.717, 1.165) is 24.2 Å². The van der Waals surface area contributed by atoms with Crippen LogP contribution in [0.5, 0.6) is 0 Å². The van der Waals surface area contributed by atoms with Crippen LogP contribution in [-0.4, -0.2) is 35.5 Å². The second kappa shape index (κ2) is 4.40. The van der Waals surface area contributed by atoms with Crippen molar-refractivity contribution in [2.24, 2.45) is 11.7 Å². The zero-order chi connectivity index (χ0) is 13.6. The molecule has 1 aromatic rings. The average Bonchev–Trinajstić information content (AvgIpc) is 2.92. The standard InChI is InChI=1S/C12H17F3N4/c13-12(14,15)7-1-2-10-9(5-7)11(18-17-10)19-4-3-8(16)6-19/h7-8H,1-6,16H2,(H,17,18). The molecule has 2 heterocycles. The fraction of sp³-hybridized carbons (Fsp3) is 0.750. The molecular formula is C12H17F3N4. The lowest BCUT2D eigenvalue weighted by Crippen LogP contribution is -2.31. The van der Waals surface area contributed by atoms with Gasteiger partial charge in [0.1, 0.15) is 0 Å². The van der Waals surface area contributed by atoms with E-state index in [2.05, 4.69) is 10.2 Å². The van der Waals surface area contributed by atoms with Gasteiger partial charge in [0.05, 0.1) is 5.92 Å². The third-order valence-electron chi connectivity index (χ3n) is 4.11. The predicted octanol–water partition coefficient (Wildman–Crippen LogP) is 1.61. The van der Waals surface area contributed by atoms with E-state index in [1.165, 1.54) is 0 Å². The minimum Gasteiger partial charge on any atom is -0.353 e. The number of nitrogens with one attached hydrogen (secondary N) is 1. The van der Waals surface area contributed by atoms with Crippen LogP contribution >= 0.6 is 0 Å². The maximum Gasteiger partial charge on any atom is 0.392 e. The third kappa shape index (κ3) is 2.31. The first-order valence-electron chi connectivity index (χ1n) is 6.58. The van der Waals surface area contributed by atoms with Gasteiger partial charge in [-0.05, 0) is 25.7 Å².